The van der Waals surface area contributed by atoms with E-state index in [0.717, 1.165) is 79.2 Å². The third-order valence-corrected chi connectivity index (χ3v) is 8.66. The number of primary amides is 1. The van der Waals surface area contributed by atoms with E-state index in [9.17, 15) is 4.79 Å². The second-order valence-electron chi connectivity index (χ2n) is 9.71. The van der Waals surface area contributed by atoms with Crippen molar-refractivity contribution in [3.8, 4) is 11.3 Å². The van der Waals surface area contributed by atoms with E-state index >= 15 is 0 Å². The average molecular weight is 597 g/mol. The van der Waals surface area contributed by atoms with Crippen molar-refractivity contribution in [3.05, 3.63) is 64.3 Å². The zero-order valence-electron chi connectivity index (χ0n) is 21.1. The minimum atomic E-state index is -0.783. The molecule has 2 aliphatic rings. The summed E-state index contributed by atoms with van der Waals surface area (Å²) >= 11 is 5.10. The third-order valence-electron chi connectivity index (χ3n) is 7.31. The van der Waals surface area contributed by atoms with Crippen LogP contribution in [0.5, 0.6) is 0 Å². The molecule has 0 radical (unpaired) electrons. The number of rotatable bonds is 7. The fourth-order valence-corrected chi connectivity index (χ4v) is 6.48. The normalized spacial score (nSPS) is 16.6. The van der Waals surface area contributed by atoms with Crippen LogP contribution in [-0.4, -0.2) is 69.5 Å². The summed E-state index contributed by atoms with van der Waals surface area (Å²) in [6.45, 7) is 7.03. The molecule has 4 heterocycles. The number of aromatic nitrogens is 3. The Morgan fingerprint density at radius 1 is 1.03 bits per heavy atom. The molecule has 4 aromatic rings. The zero-order chi connectivity index (χ0) is 26.1. The second-order valence-corrected chi connectivity index (χ2v) is 11.4. The first kappa shape index (κ1) is 25.3. The number of carbonyl (C=O) groups excluding carboxylic acids is 1. The molecule has 0 unspecified atom stereocenters. The summed E-state index contributed by atoms with van der Waals surface area (Å²) in [5.41, 5.74) is 9.58. The number of hydrogen-bond donors (Lipinski definition) is 1. The Kier molecular flexibility index (Phi) is 7.33. The van der Waals surface area contributed by atoms with Crippen molar-refractivity contribution in [2.45, 2.75) is 25.9 Å². The summed E-state index contributed by atoms with van der Waals surface area (Å²) in [5.74, 6) is 1.13. The van der Waals surface area contributed by atoms with Crippen LogP contribution in [-0.2, 0) is 24.3 Å². The molecular weight excluding hydrogens is 566 g/mol. The van der Waals surface area contributed by atoms with Gasteiger partial charge in [-0.15, -0.1) is 5.06 Å². The van der Waals surface area contributed by atoms with E-state index in [-0.39, 0.29) is 0 Å². The SMILES string of the molecule is NC(=O)ON1CCc2c(c(-c3ccc(Br)cc3)nn2CCCN2CCN(c3nsc4ccccc34)CC2)C1. The highest BCUT2D eigenvalue weighted by molar-refractivity contribution is 9.10. The number of carbonyl (C=O) groups is 1. The Morgan fingerprint density at radius 3 is 2.61 bits per heavy atom. The molecule has 2 aliphatic heterocycles. The Bertz CT molecular complexity index is 1430. The highest BCUT2D eigenvalue weighted by Gasteiger charge is 2.27. The quantitative estimate of drug-likeness (QED) is 0.336. The van der Waals surface area contributed by atoms with Crippen LogP contribution in [0.2, 0.25) is 0 Å². The van der Waals surface area contributed by atoms with Crippen LogP contribution in [0.25, 0.3) is 21.3 Å². The van der Waals surface area contributed by atoms with Gasteiger partial charge in [0.15, 0.2) is 0 Å². The molecule has 198 valence electrons. The number of hydrogen-bond acceptors (Lipinski definition) is 8. The number of fused-ring (bicyclic) bond motifs is 2. The molecule has 11 heteroatoms. The van der Waals surface area contributed by atoms with Gasteiger partial charge in [0.05, 0.1) is 16.9 Å². The van der Waals surface area contributed by atoms with Gasteiger partial charge in [-0.2, -0.15) is 9.47 Å². The molecule has 6 rings (SSSR count). The summed E-state index contributed by atoms with van der Waals surface area (Å²) in [5, 5.41) is 7.92. The van der Waals surface area contributed by atoms with Crippen molar-refractivity contribution in [1.29, 1.82) is 0 Å². The predicted octanol–water partition coefficient (Wildman–Crippen LogP) is 4.50. The second kappa shape index (κ2) is 11.0. The van der Waals surface area contributed by atoms with Gasteiger partial charge >= 0.3 is 6.09 Å². The summed E-state index contributed by atoms with van der Waals surface area (Å²) in [7, 11) is 0. The average Bonchev–Trinajstić information content (AvgIpc) is 3.51. The molecule has 1 saturated heterocycles. The van der Waals surface area contributed by atoms with Crippen molar-refractivity contribution in [2.75, 3.05) is 44.2 Å². The van der Waals surface area contributed by atoms with Crippen molar-refractivity contribution < 1.29 is 9.63 Å². The molecule has 0 atom stereocenters. The molecular formula is C27H30BrN7O2S. The van der Waals surface area contributed by atoms with Crippen LogP contribution >= 0.6 is 27.5 Å². The minimum absolute atomic E-state index is 0.483. The van der Waals surface area contributed by atoms with Crippen molar-refractivity contribution in [2.24, 2.45) is 5.73 Å². The molecule has 1 fully saturated rings. The monoisotopic (exact) mass is 595 g/mol. The lowest BCUT2D eigenvalue weighted by atomic mass is 10.0. The fourth-order valence-electron chi connectivity index (χ4n) is 5.42. The van der Waals surface area contributed by atoms with Crippen LogP contribution in [0.3, 0.4) is 0 Å². The van der Waals surface area contributed by atoms with Crippen LogP contribution < -0.4 is 10.6 Å². The Labute approximate surface area is 234 Å². The highest BCUT2D eigenvalue weighted by Crippen LogP contribution is 2.32. The van der Waals surface area contributed by atoms with Gasteiger partial charge in [-0.05, 0) is 42.2 Å². The molecule has 2 N–H and O–H groups in total. The molecule has 0 saturated carbocycles. The third kappa shape index (κ3) is 5.28. The maximum absolute atomic E-state index is 11.3. The molecule has 0 spiro atoms. The van der Waals surface area contributed by atoms with Crippen molar-refractivity contribution in [1.82, 2.24) is 24.1 Å². The molecule has 2 aromatic carbocycles. The van der Waals surface area contributed by atoms with Crippen LogP contribution in [0.15, 0.2) is 53.0 Å². The fraction of sp³-hybridized carbons (Fsp3) is 0.370. The van der Waals surface area contributed by atoms with Gasteiger partial charge in [-0.1, -0.05) is 40.2 Å². The van der Waals surface area contributed by atoms with E-state index in [0.29, 0.717) is 13.1 Å². The van der Waals surface area contributed by atoms with Gasteiger partial charge in [0.25, 0.3) is 0 Å². The number of aryl methyl sites for hydroxylation is 1. The first-order chi connectivity index (χ1) is 18.5. The van der Waals surface area contributed by atoms with E-state index in [2.05, 4.69) is 66.8 Å². The number of nitrogens with two attached hydrogens (primary N) is 1. The summed E-state index contributed by atoms with van der Waals surface area (Å²) in [6, 6.07) is 16.7. The lowest BCUT2D eigenvalue weighted by Crippen LogP contribution is -2.47. The molecule has 9 nitrogen and oxygen atoms in total. The van der Waals surface area contributed by atoms with E-state index in [1.807, 2.05) is 12.1 Å². The van der Waals surface area contributed by atoms with Crippen LogP contribution in [0.1, 0.15) is 17.7 Å². The lowest BCUT2D eigenvalue weighted by Gasteiger charge is -2.35. The van der Waals surface area contributed by atoms with Gasteiger partial charge in [0, 0.05) is 78.9 Å². The molecule has 1 amide bonds. The molecule has 0 bridgehead atoms. The van der Waals surface area contributed by atoms with Crippen molar-refractivity contribution >= 4 is 49.5 Å². The Morgan fingerprint density at radius 2 is 1.82 bits per heavy atom. The van der Waals surface area contributed by atoms with E-state index in [4.69, 9.17) is 20.0 Å². The van der Waals surface area contributed by atoms with Gasteiger partial charge in [-0.25, -0.2) is 4.79 Å². The van der Waals surface area contributed by atoms with Gasteiger partial charge in [0.1, 0.15) is 5.82 Å². The van der Waals surface area contributed by atoms with Gasteiger partial charge in [0.2, 0.25) is 0 Å². The topological polar surface area (TPSA) is 92.8 Å². The number of hydroxylamine groups is 2. The number of amides is 1. The smallest absolute Gasteiger partial charge is 0.353 e. The van der Waals surface area contributed by atoms with Gasteiger partial charge in [-0.3, -0.25) is 9.58 Å². The van der Waals surface area contributed by atoms with Crippen molar-refractivity contribution in [3.63, 3.8) is 0 Å². The van der Waals surface area contributed by atoms with E-state index < -0.39 is 6.09 Å². The number of anilines is 1. The van der Waals surface area contributed by atoms with Crippen LogP contribution in [0, 0.1) is 0 Å². The predicted molar refractivity (Wildman–Crippen MR) is 153 cm³/mol. The molecule has 2 aromatic heterocycles. The Hall–Kier alpha value is -2.99. The summed E-state index contributed by atoms with van der Waals surface area (Å²) < 4.78 is 9.17. The number of piperazine rings is 1. The maximum Gasteiger partial charge on any atom is 0.423 e. The highest BCUT2D eigenvalue weighted by atomic mass is 79.9. The number of nitrogens with zero attached hydrogens (tertiary/aromatic N) is 6. The number of halogens is 1. The first-order valence-electron chi connectivity index (χ1n) is 12.9. The number of benzene rings is 2. The van der Waals surface area contributed by atoms with E-state index in [1.165, 1.54) is 15.8 Å². The summed E-state index contributed by atoms with van der Waals surface area (Å²) in [4.78, 5) is 21.5. The van der Waals surface area contributed by atoms with E-state index in [1.54, 1.807) is 16.6 Å². The lowest BCUT2D eigenvalue weighted by molar-refractivity contribution is -0.107. The summed E-state index contributed by atoms with van der Waals surface area (Å²) in [6.07, 6.45) is 0.996. The maximum atomic E-state index is 11.3. The Balaban J connectivity index is 1.10. The molecule has 0 aliphatic carbocycles. The first-order valence-corrected chi connectivity index (χ1v) is 14.5. The van der Waals surface area contributed by atoms with Crippen LogP contribution in [0.4, 0.5) is 10.6 Å². The molecule has 38 heavy (non-hydrogen) atoms. The van der Waals surface area contributed by atoms with Gasteiger partial charge < -0.3 is 15.5 Å². The standard InChI is InChI=1S/C27H30BrN7O2S/c28-20-8-6-19(7-9-20)25-22-18-34(37-27(29)36)13-10-23(22)35(30-25)12-3-11-32-14-16-33(17-15-32)26-21-4-1-2-5-24(21)38-31-26/h1-2,4-9H,3,10-18H2,(H2,29,36). The minimum Gasteiger partial charge on any atom is -0.353 e. The zero-order valence-corrected chi connectivity index (χ0v) is 23.5. The largest absolute Gasteiger partial charge is 0.423 e.